The number of thioether (sulfide) groups is 3. The third-order valence-corrected chi connectivity index (χ3v) is 11.1. The average Bonchev–Trinajstić information content (AvgIpc) is 3.12. The molecule has 294 valence electrons. The first-order valence-electron chi connectivity index (χ1n) is 15.3. The standard InChI is InChI=1S/2C9H18N2O5S.C9H18N2O4S/c2*1-11-5(10)3-17-9-8(15)7(14)6(13)4(2-12)16-9;1-4-6(12)7(13)8(14)9(15-4)16-3-5(10)11-2/h2*4,6-9,12-15H,2-3H2,1H3,(H2,10,11);4,6-9,12-14H,3H2,1-2H3,(H2,10,11). The number of nitrogens with two attached hydrogens (primary N) is 3. The van der Waals surface area contributed by atoms with E-state index in [1.165, 1.54) is 11.8 Å². The van der Waals surface area contributed by atoms with E-state index < -0.39 is 103 Å². The lowest BCUT2D eigenvalue weighted by atomic mass is 10.0. The zero-order chi connectivity index (χ0) is 38.3. The zero-order valence-corrected chi connectivity index (χ0v) is 30.6. The van der Waals surface area contributed by atoms with Gasteiger partial charge in [0.25, 0.3) is 0 Å². The maximum absolute atomic E-state index is 9.69. The summed E-state index contributed by atoms with van der Waals surface area (Å²) in [7, 11) is 4.67. The molecule has 0 bridgehead atoms. The van der Waals surface area contributed by atoms with E-state index in [9.17, 15) is 46.0 Å². The largest absolute Gasteiger partial charge is 0.394 e. The molecular formula is C27H54N6O14S3. The van der Waals surface area contributed by atoms with Gasteiger partial charge in [0.2, 0.25) is 0 Å². The minimum absolute atomic E-state index is 0.333. The Morgan fingerprint density at radius 2 is 0.760 bits per heavy atom. The number of hydrogen-bond donors (Lipinski definition) is 14. The Morgan fingerprint density at radius 3 is 1.04 bits per heavy atom. The van der Waals surface area contributed by atoms with Gasteiger partial charge in [-0.3, -0.25) is 15.0 Å². The molecule has 20 nitrogen and oxygen atoms in total. The van der Waals surface area contributed by atoms with Crippen LogP contribution >= 0.6 is 35.3 Å². The van der Waals surface area contributed by atoms with Crippen molar-refractivity contribution in [2.75, 3.05) is 51.6 Å². The Labute approximate surface area is 302 Å². The Balaban J connectivity index is 0.000000375. The number of nitrogens with zero attached hydrogens (tertiary/aromatic N) is 3. The third kappa shape index (κ3) is 14.0. The van der Waals surface area contributed by atoms with Gasteiger partial charge >= 0.3 is 0 Å². The monoisotopic (exact) mass is 782 g/mol. The van der Waals surface area contributed by atoms with Gasteiger partial charge in [0.1, 0.15) is 101 Å². The van der Waals surface area contributed by atoms with E-state index in [1.54, 1.807) is 28.1 Å². The summed E-state index contributed by atoms with van der Waals surface area (Å²) in [4.78, 5) is 11.3. The summed E-state index contributed by atoms with van der Waals surface area (Å²) in [5, 5.41) is 104. The molecule has 3 fully saturated rings. The molecule has 3 aliphatic rings. The van der Waals surface area contributed by atoms with Crippen molar-refractivity contribution in [1.29, 1.82) is 0 Å². The Bertz CT molecular complexity index is 1020. The van der Waals surface area contributed by atoms with Crippen molar-refractivity contribution in [1.82, 2.24) is 0 Å². The second-order valence-electron chi connectivity index (χ2n) is 11.2. The number of rotatable bonds is 11. The van der Waals surface area contributed by atoms with Gasteiger partial charge < -0.3 is 87.6 Å². The molecular weight excluding hydrogens is 729 g/mol. The number of aliphatic hydroxyl groups is 11. The van der Waals surface area contributed by atoms with Crippen LogP contribution in [0.4, 0.5) is 0 Å². The number of ether oxygens (including phenoxy) is 3. The highest BCUT2D eigenvalue weighted by Gasteiger charge is 2.45. The second-order valence-corrected chi connectivity index (χ2v) is 14.4. The van der Waals surface area contributed by atoms with Gasteiger partial charge in [-0.05, 0) is 6.92 Å². The van der Waals surface area contributed by atoms with Crippen LogP contribution in [0.1, 0.15) is 6.92 Å². The van der Waals surface area contributed by atoms with Crippen molar-refractivity contribution in [3.63, 3.8) is 0 Å². The highest BCUT2D eigenvalue weighted by molar-refractivity contribution is 8.00. The molecule has 0 amide bonds. The molecule has 0 spiro atoms. The summed E-state index contributed by atoms with van der Waals surface area (Å²) in [6.07, 6.45) is -13.5. The molecule has 0 aliphatic carbocycles. The Kier molecular flexibility index (Phi) is 22.1. The van der Waals surface area contributed by atoms with Crippen LogP contribution in [-0.2, 0) is 14.2 Å². The van der Waals surface area contributed by atoms with Crippen molar-refractivity contribution in [3.05, 3.63) is 0 Å². The van der Waals surface area contributed by atoms with E-state index in [0.29, 0.717) is 34.8 Å². The molecule has 0 aromatic heterocycles. The number of aliphatic imine (C=N–C) groups is 3. The smallest absolute Gasteiger partial charge is 0.132 e. The quantitative estimate of drug-likeness (QED) is 0.0684. The van der Waals surface area contributed by atoms with Gasteiger partial charge in [0.05, 0.1) is 36.6 Å². The highest BCUT2D eigenvalue weighted by Crippen LogP contribution is 2.30. The van der Waals surface area contributed by atoms with Gasteiger partial charge in [-0.25, -0.2) is 0 Å². The zero-order valence-electron chi connectivity index (χ0n) is 28.1. The molecule has 0 saturated carbocycles. The molecule has 3 rings (SSSR count). The van der Waals surface area contributed by atoms with Crippen LogP contribution in [0.5, 0.6) is 0 Å². The van der Waals surface area contributed by atoms with Crippen molar-refractivity contribution >= 4 is 52.8 Å². The molecule has 15 unspecified atom stereocenters. The minimum atomic E-state index is -1.35. The van der Waals surface area contributed by atoms with Gasteiger partial charge in [0, 0.05) is 21.1 Å². The maximum atomic E-state index is 9.69. The summed E-state index contributed by atoms with van der Waals surface area (Å²) in [5.74, 6) is 2.28. The summed E-state index contributed by atoms with van der Waals surface area (Å²) in [6, 6.07) is 0. The molecule has 0 aromatic rings. The fourth-order valence-corrected chi connectivity index (χ4v) is 7.42. The highest BCUT2D eigenvalue weighted by atomic mass is 32.2. The molecule has 50 heavy (non-hydrogen) atoms. The molecule has 0 aromatic carbocycles. The summed E-state index contributed by atoms with van der Waals surface area (Å²) in [6.45, 7) is 0.781. The average molecular weight is 783 g/mol. The first-order valence-corrected chi connectivity index (χ1v) is 18.4. The van der Waals surface area contributed by atoms with Crippen molar-refractivity contribution < 1.29 is 70.4 Å². The van der Waals surface area contributed by atoms with E-state index in [-0.39, 0.29) is 0 Å². The lowest BCUT2D eigenvalue weighted by molar-refractivity contribution is -0.205. The van der Waals surface area contributed by atoms with Crippen LogP contribution in [0.15, 0.2) is 15.0 Å². The Hall–Kier alpha value is -1.10. The first kappa shape index (κ1) is 46.9. The lowest BCUT2D eigenvalue weighted by Gasteiger charge is -2.39. The van der Waals surface area contributed by atoms with Crippen molar-refractivity contribution in [3.8, 4) is 0 Å². The van der Waals surface area contributed by atoms with Crippen molar-refractivity contribution in [2.24, 2.45) is 32.2 Å². The Morgan fingerprint density at radius 1 is 0.480 bits per heavy atom. The van der Waals surface area contributed by atoms with Crippen LogP contribution in [0.25, 0.3) is 0 Å². The molecule has 23 heteroatoms. The molecule has 17 N–H and O–H groups in total. The molecule has 3 saturated heterocycles. The predicted molar refractivity (Wildman–Crippen MR) is 190 cm³/mol. The van der Waals surface area contributed by atoms with Gasteiger partial charge in [-0.15, -0.1) is 35.3 Å². The van der Waals surface area contributed by atoms with E-state index in [1.807, 2.05) is 0 Å². The number of amidine groups is 3. The lowest BCUT2D eigenvalue weighted by Crippen LogP contribution is -2.57. The summed E-state index contributed by atoms with van der Waals surface area (Å²) >= 11 is 3.55. The topological polar surface area (TPSA) is 365 Å². The van der Waals surface area contributed by atoms with Crippen LogP contribution in [0, 0.1) is 0 Å². The van der Waals surface area contributed by atoms with E-state index in [4.69, 9.17) is 41.6 Å². The SMILES string of the molecule is CN=C(N)CSC1OC(C)C(O)C(O)C1O.CN=C(N)CSC1OC(CO)C(O)C(O)C1O.CN=C(N)CSC1OC(CO)C(O)C(O)C1O. The molecule has 15 atom stereocenters. The number of hydrogen-bond acceptors (Lipinski definition) is 20. The summed E-state index contributed by atoms with van der Waals surface area (Å²) in [5.41, 5.74) is 14.4. The molecule has 3 heterocycles. The van der Waals surface area contributed by atoms with Crippen molar-refractivity contribution in [2.45, 2.75) is 96.5 Å². The fourth-order valence-electron chi connectivity index (χ4n) is 4.26. The maximum Gasteiger partial charge on any atom is 0.132 e. The van der Waals surface area contributed by atoms with Gasteiger partial charge in [-0.1, -0.05) is 0 Å². The molecule has 0 radical (unpaired) electrons. The van der Waals surface area contributed by atoms with Crippen LogP contribution in [-0.4, -0.2) is 215 Å². The fraction of sp³-hybridized carbons (Fsp3) is 0.889. The van der Waals surface area contributed by atoms with E-state index in [0.717, 1.165) is 23.5 Å². The minimum Gasteiger partial charge on any atom is -0.394 e. The van der Waals surface area contributed by atoms with Crippen LogP contribution < -0.4 is 17.2 Å². The van der Waals surface area contributed by atoms with E-state index >= 15 is 0 Å². The van der Waals surface area contributed by atoms with Crippen LogP contribution in [0.3, 0.4) is 0 Å². The van der Waals surface area contributed by atoms with E-state index in [2.05, 4.69) is 15.0 Å². The molecule has 3 aliphatic heterocycles. The second kappa shape index (κ2) is 23.5. The van der Waals surface area contributed by atoms with Gasteiger partial charge in [-0.2, -0.15) is 0 Å². The first-order chi connectivity index (χ1) is 23.5. The number of aliphatic hydroxyl groups excluding tert-OH is 11. The third-order valence-electron chi connectivity index (χ3n) is 7.55. The predicted octanol–water partition coefficient (Wildman–Crippen LogP) is -6.45. The van der Waals surface area contributed by atoms with Crippen LogP contribution in [0.2, 0.25) is 0 Å². The summed E-state index contributed by atoms with van der Waals surface area (Å²) < 4.78 is 15.9. The van der Waals surface area contributed by atoms with Gasteiger partial charge in [0.15, 0.2) is 0 Å². The normalized spacial score (nSPS) is 39.9.